The zero-order chi connectivity index (χ0) is 25.1. The first-order valence-electron chi connectivity index (χ1n) is 11.2. The summed E-state index contributed by atoms with van der Waals surface area (Å²) in [6.45, 7) is -0.449. The number of anilines is 1. The second kappa shape index (κ2) is 9.79. The van der Waals surface area contributed by atoms with Crippen LogP contribution in [0.5, 0.6) is 5.75 Å². The molecule has 0 bridgehead atoms. The van der Waals surface area contributed by atoms with E-state index in [0.717, 1.165) is 21.9 Å². The number of aromatic amines is 1. The van der Waals surface area contributed by atoms with Crippen molar-refractivity contribution in [1.82, 2.24) is 15.5 Å². The number of para-hydroxylation sites is 2. The largest absolute Gasteiger partial charge is 0.495 e. The van der Waals surface area contributed by atoms with E-state index in [4.69, 9.17) is 13.9 Å². The minimum Gasteiger partial charge on any atom is -0.495 e. The molecule has 0 radical (unpaired) electrons. The van der Waals surface area contributed by atoms with Crippen LogP contribution in [0.4, 0.5) is 5.69 Å². The van der Waals surface area contributed by atoms with Crippen molar-refractivity contribution in [3.8, 4) is 5.75 Å². The van der Waals surface area contributed by atoms with E-state index < -0.39 is 24.4 Å². The number of furan rings is 1. The highest BCUT2D eigenvalue weighted by Gasteiger charge is 2.16. The summed E-state index contributed by atoms with van der Waals surface area (Å²) >= 11 is 0. The van der Waals surface area contributed by atoms with Crippen LogP contribution < -0.4 is 15.4 Å². The minimum absolute atomic E-state index is 0.0387. The molecular formula is C26H22N4O6. The molecule has 10 heteroatoms. The van der Waals surface area contributed by atoms with Gasteiger partial charge >= 0.3 is 5.97 Å². The maximum atomic E-state index is 12.4. The van der Waals surface area contributed by atoms with Gasteiger partial charge < -0.3 is 24.5 Å². The van der Waals surface area contributed by atoms with E-state index in [0.29, 0.717) is 22.4 Å². The lowest BCUT2D eigenvalue weighted by Crippen LogP contribution is -2.28. The number of methoxy groups -OCH3 is 1. The monoisotopic (exact) mass is 486 g/mol. The van der Waals surface area contributed by atoms with Crippen LogP contribution in [0.1, 0.15) is 16.9 Å². The zero-order valence-electron chi connectivity index (χ0n) is 19.3. The predicted molar refractivity (Wildman–Crippen MR) is 133 cm³/mol. The van der Waals surface area contributed by atoms with Crippen LogP contribution in [0.25, 0.3) is 32.8 Å². The third kappa shape index (κ3) is 4.56. The Morgan fingerprint density at radius 1 is 0.972 bits per heavy atom. The van der Waals surface area contributed by atoms with Crippen LogP contribution in [-0.4, -0.2) is 48.2 Å². The predicted octanol–water partition coefficient (Wildman–Crippen LogP) is 3.77. The summed E-state index contributed by atoms with van der Waals surface area (Å²) in [4.78, 5) is 36.8. The van der Waals surface area contributed by atoms with Crippen molar-refractivity contribution in [2.24, 2.45) is 0 Å². The van der Waals surface area contributed by atoms with Crippen LogP contribution >= 0.6 is 0 Å². The van der Waals surface area contributed by atoms with Crippen molar-refractivity contribution in [2.45, 2.75) is 6.42 Å². The van der Waals surface area contributed by atoms with Gasteiger partial charge in [0.05, 0.1) is 24.7 Å². The molecule has 3 N–H and O–H groups in total. The van der Waals surface area contributed by atoms with Gasteiger partial charge in [-0.25, -0.2) is 0 Å². The average molecular weight is 486 g/mol. The van der Waals surface area contributed by atoms with E-state index in [2.05, 4.69) is 20.8 Å². The molecule has 0 saturated carbocycles. The molecule has 10 nitrogen and oxygen atoms in total. The molecule has 2 amide bonds. The molecule has 0 aliphatic carbocycles. The summed E-state index contributed by atoms with van der Waals surface area (Å²) < 4.78 is 16.3. The number of benzene rings is 3. The van der Waals surface area contributed by atoms with Gasteiger partial charge in [-0.05, 0) is 18.2 Å². The van der Waals surface area contributed by atoms with E-state index in [9.17, 15) is 14.4 Å². The number of carbonyl (C=O) groups is 3. The van der Waals surface area contributed by atoms with Gasteiger partial charge in [0.25, 0.3) is 11.8 Å². The molecule has 182 valence electrons. The molecule has 36 heavy (non-hydrogen) atoms. The Hall–Kier alpha value is -4.86. The number of hydrogen-bond acceptors (Lipinski definition) is 7. The van der Waals surface area contributed by atoms with E-state index in [1.165, 1.54) is 7.11 Å². The van der Waals surface area contributed by atoms with Crippen LogP contribution in [0.2, 0.25) is 0 Å². The van der Waals surface area contributed by atoms with Crippen molar-refractivity contribution in [3.63, 3.8) is 0 Å². The Morgan fingerprint density at radius 2 is 1.75 bits per heavy atom. The van der Waals surface area contributed by atoms with Crippen LogP contribution in [0.3, 0.4) is 0 Å². The first kappa shape index (κ1) is 22.9. The van der Waals surface area contributed by atoms with Crippen molar-refractivity contribution in [1.29, 1.82) is 0 Å². The van der Waals surface area contributed by atoms with Crippen molar-refractivity contribution in [2.75, 3.05) is 25.6 Å². The molecule has 0 saturated heterocycles. The second-order valence-corrected chi connectivity index (χ2v) is 7.98. The summed E-state index contributed by atoms with van der Waals surface area (Å²) in [5.74, 6) is -1.13. The van der Waals surface area contributed by atoms with Crippen LogP contribution in [-0.2, 0) is 14.3 Å². The number of amides is 2. The Balaban J connectivity index is 1.13. The molecule has 0 atom stereocenters. The maximum Gasteiger partial charge on any atom is 0.308 e. The van der Waals surface area contributed by atoms with Gasteiger partial charge in [-0.2, -0.15) is 5.10 Å². The SMILES string of the molecule is COc1cc2c(cc1NC(=O)COC(=O)CCNC(=O)c1n[nH]c3ccccc13)oc1ccccc12. The summed E-state index contributed by atoms with van der Waals surface area (Å²) in [5, 5.41) is 14.6. The summed E-state index contributed by atoms with van der Waals surface area (Å²) in [5.41, 5.74) is 2.69. The highest BCUT2D eigenvalue weighted by Crippen LogP contribution is 2.36. The van der Waals surface area contributed by atoms with Gasteiger partial charge in [0.2, 0.25) is 0 Å². The Kier molecular flexibility index (Phi) is 6.23. The van der Waals surface area contributed by atoms with Gasteiger partial charge in [0.1, 0.15) is 16.9 Å². The molecule has 0 spiro atoms. The third-order valence-corrected chi connectivity index (χ3v) is 5.64. The fraction of sp³-hybridized carbons (Fsp3) is 0.154. The summed E-state index contributed by atoms with van der Waals surface area (Å²) in [6.07, 6.45) is -0.102. The quantitative estimate of drug-likeness (QED) is 0.284. The Morgan fingerprint density at radius 3 is 2.58 bits per heavy atom. The zero-order valence-corrected chi connectivity index (χ0v) is 19.3. The number of aromatic nitrogens is 2. The standard InChI is InChI=1S/C26H22N4O6/c1-34-22-12-17-15-6-3-5-9-20(15)36-21(17)13-19(22)28-23(31)14-35-24(32)10-11-27-26(33)25-16-7-2-4-8-18(16)29-30-25/h2-9,12-13H,10-11,14H2,1H3,(H,27,33)(H,28,31)(H,29,30). The number of rotatable bonds is 8. The fourth-order valence-corrected chi connectivity index (χ4v) is 3.92. The smallest absolute Gasteiger partial charge is 0.308 e. The van der Waals surface area contributed by atoms with Gasteiger partial charge in [-0.1, -0.05) is 36.4 Å². The van der Waals surface area contributed by atoms with E-state index >= 15 is 0 Å². The normalized spacial score (nSPS) is 11.0. The van der Waals surface area contributed by atoms with Crippen LogP contribution in [0, 0.1) is 0 Å². The first-order valence-corrected chi connectivity index (χ1v) is 11.2. The number of nitrogens with one attached hydrogen (secondary N) is 3. The minimum atomic E-state index is -0.628. The van der Waals surface area contributed by atoms with Crippen molar-refractivity contribution in [3.05, 3.63) is 66.4 Å². The van der Waals surface area contributed by atoms with Crippen molar-refractivity contribution >= 4 is 56.3 Å². The lowest BCUT2D eigenvalue weighted by atomic mass is 10.1. The van der Waals surface area contributed by atoms with Crippen molar-refractivity contribution < 1.29 is 28.3 Å². The molecule has 2 aromatic heterocycles. The van der Waals surface area contributed by atoms with Gasteiger partial charge in [0, 0.05) is 28.8 Å². The number of hydrogen-bond donors (Lipinski definition) is 3. The number of nitrogens with zero attached hydrogens (tertiary/aromatic N) is 1. The number of carbonyl (C=O) groups excluding carboxylic acids is 3. The third-order valence-electron chi connectivity index (χ3n) is 5.64. The number of fused-ring (bicyclic) bond motifs is 4. The molecule has 0 aliphatic heterocycles. The fourth-order valence-electron chi connectivity index (χ4n) is 3.92. The lowest BCUT2D eigenvalue weighted by Gasteiger charge is -2.11. The number of H-pyrrole nitrogens is 1. The second-order valence-electron chi connectivity index (χ2n) is 7.98. The van der Waals surface area contributed by atoms with Crippen LogP contribution in [0.15, 0.2) is 65.1 Å². The maximum absolute atomic E-state index is 12.4. The molecule has 5 rings (SSSR count). The molecular weight excluding hydrogens is 464 g/mol. The highest BCUT2D eigenvalue weighted by molar-refractivity contribution is 6.08. The molecule has 0 unspecified atom stereocenters. The van der Waals surface area contributed by atoms with E-state index in [-0.39, 0.29) is 18.7 Å². The van der Waals surface area contributed by atoms with E-state index in [1.807, 2.05) is 36.4 Å². The van der Waals surface area contributed by atoms with Gasteiger partial charge in [-0.3, -0.25) is 19.5 Å². The summed E-state index contributed by atoms with van der Waals surface area (Å²) in [6, 6.07) is 18.3. The van der Waals surface area contributed by atoms with Gasteiger partial charge in [0.15, 0.2) is 12.3 Å². The highest BCUT2D eigenvalue weighted by atomic mass is 16.5. The Labute approximate surface area is 204 Å². The average Bonchev–Trinajstić information content (AvgIpc) is 3.48. The topological polar surface area (TPSA) is 136 Å². The Bertz CT molecular complexity index is 1600. The molecule has 5 aromatic rings. The number of esters is 1. The van der Waals surface area contributed by atoms with E-state index in [1.54, 1.807) is 24.3 Å². The van der Waals surface area contributed by atoms with Gasteiger partial charge in [-0.15, -0.1) is 0 Å². The number of ether oxygens (including phenoxy) is 2. The lowest BCUT2D eigenvalue weighted by molar-refractivity contribution is -0.147. The summed E-state index contributed by atoms with van der Waals surface area (Å²) in [7, 11) is 1.50. The molecule has 0 fully saturated rings. The molecule has 2 heterocycles. The molecule has 3 aromatic carbocycles. The molecule has 0 aliphatic rings. The first-order chi connectivity index (χ1) is 17.5.